The van der Waals surface area contributed by atoms with Crippen molar-refractivity contribution >= 4 is 17.1 Å². The Morgan fingerprint density at radius 3 is 1.43 bits per heavy atom. The maximum Gasteiger partial charge on any atom is 0.129 e. The van der Waals surface area contributed by atoms with E-state index in [4.69, 9.17) is 0 Å². The van der Waals surface area contributed by atoms with Gasteiger partial charge in [-0.1, -0.05) is 125 Å². The molecule has 3 nitrogen and oxygen atoms in total. The van der Waals surface area contributed by atoms with Gasteiger partial charge in [-0.2, -0.15) is 0 Å². The third-order valence-electron chi connectivity index (χ3n) is 8.13. The molecule has 40 heavy (non-hydrogen) atoms. The molecule has 3 heteroatoms. The normalized spacial score (nSPS) is 14.2. The maximum absolute atomic E-state index is 3.84. The van der Waals surface area contributed by atoms with Crippen LogP contribution in [0.4, 0.5) is 17.1 Å². The summed E-state index contributed by atoms with van der Waals surface area (Å²) in [6.45, 7) is 26.0. The third-order valence-corrected chi connectivity index (χ3v) is 8.13. The zero-order valence-electron chi connectivity index (χ0n) is 26.8. The van der Waals surface area contributed by atoms with Crippen molar-refractivity contribution in [1.29, 1.82) is 0 Å². The van der Waals surface area contributed by atoms with Gasteiger partial charge in [0.25, 0.3) is 0 Å². The first-order valence-electron chi connectivity index (χ1n) is 15.2. The standard InChI is InChI=1S/C37H51N3/c1-24(2)30-14-12-15-31(25(3)4)35(30)39-22-34(38-29-20-18-28(19-21-29)37(9,10)11)40(23-39)36-32(26(5)6)16-13-17-33(36)27(7)8/h12-22,24-27,38H,23H2,1-11H3. The minimum absolute atomic E-state index is 0.129. The average molecular weight is 538 g/mol. The van der Waals surface area contributed by atoms with Gasteiger partial charge in [-0.05, 0) is 69.0 Å². The summed E-state index contributed by atoms with van der Waals surface area (Å²) in [6.07, 6.45) is 2.34. The van der Waals surface area contributed by atoms with E-state index in [-0.39, 0.29) is 5.41 Å². The van der Waals surface area contributed by atoms with Gasteiger partial charge in [-0.25, -0.2) is 0 Å². The molecule has 0 saturated carbocycles. The van der Waals surface area contributed by atoms with E-state index in [1.807, 2.05) is 0 Å². The average Bonchev–Trinajstić information content (AvgIpc) is 3.30. The lowest BCUT2D eigenvalue weighted by Crippen LogP contribution is -2.31. The van der Waals surface area contributed by atoms with Crippen molar-refractivity contribution in [1.82, 2.24) is 0 Å². The first-order chi connectivity index (χ1) is 18.8. The summed E-state index contributed by atoms with van der Waals surface area (Å²) in [5.74, 6) is 2.83. The van der Waals surface area contributed by atoms with E-state index in [2.05, 4.69) is 158 Å². The van der Waals surface area contributed by atoms with Crippen LogP contribution in [0.1, 0.15) is 128 Å². The number of hydrogen-bond donors (Lipinski definition) is 1. The number of hydrogen-bond acceptors (Lipinski definition) is 3. The maximum atomic E-state index is 3.84. The second-order valence-corrected chi connectivity index (χ2v) is 13.7. The first kappa shape index (κ1) is 29.8. The summed E-state index contributed by atoms with van der Waals surface area (Å²) >= 11 is 0. The Morgan fingerprint density at radius 2 is 1.02 bits per heavy atom. The fourth-order valence-corrected chi connectivity index (χ4v) is 5.78. The smallest absolute Gasteiger partial charge is 0.129 e. The van der Waals surface area contributed by atoms with Gasteiger partial charge in [-0.15, -0.1) is 0 Å². The monoisotopic (exact) mass is 537 g/mol. The predicted molar refractivity (Wildman–Crippen MR) is 176 cm³/mol. The Kier molecular flexibility index (Phi) is 8.73. The van der Waals surface area contributed by atoms with Gasteiger partial charge in [0.2, 0.25) is 0 Å². The van der Waals surface area contributed by atoms with E-state index < -0.39 is 0 Å². The van der Waals surface area contributed by atoms with Crippen molar-refractivity contribution in [2.75, 3.05) is 21.8 Å². The Balaban J connectivity index is 1.88. The van der Waals surface area contributed by atoms with Gasteiger partial charge in [0.05, 0.1) is 5.69 Å². The number of rotatable bonds is 8. The van der Waals surface area contributed by atoms with Gasteiger partial charge in [-0.3, -0.25) is 0 Å². The SMILES string of the molecule is CC(C)c1cccc(C(C)C)c1N1C=C(Nc2ccc(C(C)(C)C)cc2)N(c2c(C(C)C)cccc2C(C)C)C1. The summed E-state index contributed by atoms with van der Waals surface area (Å²) in [4.78, 5) is 5.00. The summed E-state index contributed by atoms with van der Waals surface area (Å²) in [5.41, 5.74) is 10.9. The second-order valence-electron chi connectivity index (χ2n) is 13.7. The minimum atomic E-state index is 0.129. The van der Waals surface area contributed by atoms with Gasteiger partial charge < -0.3 is 15.1 Å². The fourth-order valence-electron chi connectivity index (χ4n) is 5.78. The van der Waals surface area contributed by atoms with Crippen molar-refractivity contribution in [2.24, 2.45) is 0 Å². The number of benzene rings is 3. The zero-order valence-corrected chi connectivity index (χ0v) is 26.8. The lowest BCUT2D eigenvalue weighted by molar-refractivity contribution is 0.590. The Labute approximate surface area is 244 Å². The molecule has 0 bridgehead atoms. The van der Waals surface area contributed by atoms with Gasteiger partial charge >= 0.3 is 0 Å². The van der Waals surface area contributed by atoms with E-state index in [9.17, 15) is 0 Å². The highest BCUT2D eigenvalue weighted by Gasteiger charge is 2.31. The molecule has 0 amide bonds. The molecule has 0 aromatic heterocycles. The molecule has 1 aliphatic rings. The molecule has 0 atom stereocenters. The Hall–Kier alpha value is -3.20. The molecule has 0 fully saturated rings. The van der Waals surface area contributed by atoms with Crippen LogP contribution >= 0.6 is 0 Å². The van der Waals surface area contributed by atoms with E-state index in [0.29, 0.717) is 23.7 Å². The highest BCUT2D eigenvalue weighted by Crippen LogP contribution is 2.43. The van der Waals surface area contributed by atoms with Gasteiger partial charge in [0, 0.05) is 17.6 Å². The fraction of sp³-hybridized carbons (Fsp3) is 0.459. The van der Waals surface area contributed by atoms with Gasteiger partial charge in [0.15, 0.2) is 0 Å². The zero-order chi connectivity index (χ0) is 29.4. The molecule has 0 spiro atoms. The Morgan fingerprint density at radius 1 is 0.600 bits per heavy atom. The number of nitrogens with zero attached hydrogens (tertiary/aromatic N) is 2. The molecule has 3 aromatic rings. The van der Waals surface area contributed by atoms with Crippen molar-refractivity contribution in [2.45, 2.75) is 105 Å². The third kappa shape index (κ3) is 6.09. The summed E-state index contributed by atoms with van der Waals surface area (Å²) < 4.78 is 0. The molecular formula is C37H51N3. The summed E-state index contributed by atoms with van der Waals surface area (Å²) in [5, 5.41) is 3.84. The molecule has 0 saturated heterocycles. The van der Waals surface area contributed by atoms with E-state index in [0.717, 1.165) is 18.2 Å². The molecule has 214 valence electrons. The molecule has 0 radical (unpaired) electrons. The quantitative estimate of drug-likeness (QED) is 0.308. The van der Waals surface area contributed by atoms with Crippen LogP contribution < -0.4 is 15.1 Å². The lowest BCUT2D eigenvalue weighted by atomic mass is 9.87. The minimum Gasteiger partial charge on any atom is -0.340 e. The molecule has 1 heterocycles. The van der Waals surface area contributed by atoms with Crippen LogP contribution in [0.15, 0.2) is 72.7 Å². The summed E-state index contributed by atoms with van der Waals surface area (Å²) in [6, 6.07) is 22.7. The molecule has 1 aliphatic heterocycles. The van der Waals surface area contributed by atoms with Crippen molar-refractivity contribution in [3.05, 3.63) is 101 Å². The van der Waals surface area contributed by atoms with E-state index in [1.54, 1.807) is 0 Å². The van der Waals surface area contributed by atoms with Crippen LogP contribution in [0.25, 0.3) is 0 Å². The molecule has 1 N–H and O–H groups in total. The van der Waals surface area contributed by atoms with Crippen molar-refractivity contribution in [3.63, 3.8) is 0 Å². The highest BCUT2D eigenvalue weighted by molar-refractivity contribution is 5.74. The van der Waals surface area contributed by atoms with Crippen LogP contribution in [-0.4, -0.2) is 6.67 Å². The Bertz CT molecular complexity index is 1280. The summed E-state index contributed by atoms with van der Waals surface area (Å²) in [7, 11) is 0. The second kappa shape index (κ2) is 11.7. The number of nitrogens with one attached hydrogen (secondary N) is 1. The molecule has 0 unspecified atom stereocenters. The van der Waals surface area contributed by atoms with Crippen LogP contribution in [-0.2, 0) is 5.41 Å². The molecule has 3 aromatic carbocycles. The lowest BCUT2D eigenvalue weighted by Gasteiger charge is -2.32. The van der Waals surface area contributed by atoms with Crippen LogP contribution in [0.3, 0.4) is 0 Å². The highest BCUT2D eigenvalue weighted by atomic mass is 15.4. The van der Waals surface area contributed by atoms with E-state index >= 15 is 0 Å². The van der Waals surface area contributed by atoms with Crippen molar-refractivity contribution < 1.29 is 0 Å². The predicted octanol–water partition coefficient (Wildman–Crippen LogP) is 10.7. The first-order valence-corrected chi connectivity index (χ1v) is 15.2. The number of para-hydroxylation sites is 2. The molecule has 4 rings (SSSR count). The van der Waals surface area contributed by atoms with Crippen LogP contribution in [0.5, 0.6) is 0 Å². The van der Waals surface area contributed by atoms with Gasteiger partial charge in [0.1, 0.15) is 12.5 Å². The van der Waals surface area contributed by atoms with E-state index in [1.165, 1.54) is 39.2 Å². The van der Waals surface area contributed by atoms with Crippen molar-refractivity contribution in [3.8, 4) is 0 Å². The number of anilines is 3. The largest absolute Gasteiger partial charge is 0.340 e. The molecular weight excluding hydrogens is 486 g/mol. The van der Waals surface area contributed by atoms with Crippen LogP contribution in [0, 0.1) is 0 Å². The topological polar surface area (TPSA) is 18.5 Å². The van der Waals surface area contributed by atoms with Crippen LogP contribution in [0.2, 0.25) is 0 Å². The molecule has 0 aliphatic carbocycles.